The lowest BCUT2D eigenvalue weighted by atomic mass is 10.0. The third-order valence-corrected chi connectivity index (χ3v) is 2.76. The summed E-state index contributed by atoms with van der Waals surface area (Å²) in [4.78, 5) is 0. The maximum absolute atomic E-state index is 10.1. The second-order valence-corrected chi connectivity index (χ2v) is 4.99. The van der Waals surface area contributed by atoms with Gasteiger partial charge in [-0.1, -0.05) is 12.1 Å². The second-order valence-electron chi connectivity index (χ2n) is 4.99. The first-order valence-corrected chi connectivity index (χ1v) is 6.04. The largest absolute Gasteiger partial charge is 0.497 e. The first-order chi connectivity index (χ1) is 8.48. The Morgan fingerprint density at radius 3 is 2.67 bits per heavy atom. The van der Waals surface area contributed by atoms with Gasteiger partial charge < -0.3 is 19.9 Å². The Kier molecular flexibility index (Phi) is 5.59. The van der Waals surface area contributed by atoms with Gasteiger partial charge in [-0.3, -0.25) is 0 Å². The third-order valence-electron chi connectivity index (χ3n) is 2.76. The van der Waals surface area contributed by atoms with Crippen LogP contribution in [0.2, 0.25) is 0 Å². The predicted octanol–water partition coefficient (Wildman–Crippen LogP) is 1.74. The van der Waals surface area contributed by atoms with E-state index in [0.717, 1.165) is 11.3 Å². The van der Waals surface area contributed by atoms with Crippen molar-refractivity contribution in [1.82, 2.24) is 5.32 Å². The van der Waals surface area contributed by atoms with Crippen LogP contribution in [0.3, 0.4) is 0 Å². The highest BCUT2D eigenvalue weighted by Gasteiger charge is 2.18. The highest BCUT2D eigenvalue weighted by molar-refractivity contribution is 5.29. The monoisotopic (exact) mass is 253 g/mol. The lowest BCUT2D eigenvalue weighted by Crippen LogP contribution is -2.45. The van der Waals surface area contributed by atoms with Crippen LogP contribution in [0, 0.1) is 0 Å². The zero-order chi connectivity index (χ0) is 13.6. The van der Waals surface area contributed by atoms with Gasteiger partial charge >= 0.3 is 0 Å². The topological polar surface area (TPSA) is 50.7 Å². The van der Waals surface area contributed by atoms with Crippen molar-refractivity contribution >= 4 is 0 Å². The summed E-state index contributed by atoms with van der Waals surface area (Å²) in [5.41, 5.74) is 0.685. The maximum atomic E-state index is 10.1. The molecule has 0 heterocycles. The van der Waals surface area contributed by atoms with E-state index in [4.69, 9.17) is 9.47 Å². The summed E-state index contributed by atoms with van der Waals surface area (Å²) in [5, 5.41) is 13.4. The fourth-order valence-corrected chi connectivity index (χ4v) is 1.75. The average Bonchev–Trinajstić information content (AvgIpc) is 2.36. The summed E-state index contributed by atoms with van der Waals surface area (Å²) in [5.74, 6) is 0.753. The minimum Gasteiger partial charge on any atom is -0.497 e. The van der Waals surface area contributed by atoms with E-state index in [1.165, 1.54) is 0 Å². The summed E-state index contributed by atoms with van der Waals surface area (Å²) < 4.78 is 10.3. The number of hydrogen-bond donors (Lipinski definition) is 2. The van der Waals surface area contributed by atoms with Gasteiger partial charge in [0.05, 0.1) is 19.8 Å². The number of benzene rings is 1. The molecule has 1 aromatic rings. The van der Waals surface area contributed by atoms with Crippen molar-refractivity contribution in [2.45, 2.75) is 25.5 Å². The van der Waals surface area contributed by atoms with Gasteiger partial charge in [-0.15, -0.1) is 0 Å². The van der Waals surface area contributed by atoms with Crippen LogP contribution in [0.25, 0.3) is 0 Å². The minimum atomic E-state index is -0.559. The number of nitrogens with one attached hydrogen (secondary N) is 1. The van der Waals surface area contributed by atoms with Crippen LogP contribution in [0.1, 0.15) is 25.5 Å². The van der Waals surface area contributed by atoms with Gasteiger partial charge in [-0.25, -0.2) is 0 Å². The van der Waals surface area contributed by atoms with Crippen LogP contribution in [0.5, 0.6) is 5.75 Å². The number of aliphatic hydroxyl groups is 1. The molecule has 0 bridgehead atoms. The number of hydrogen-bond acceptors (Lipinski definition) is 4. The number of methoxy groups -OCH3 is 2. The second kappa shape index (κ2) is 6.73. The first kappa shape index (κ1) is 15.0. The molecule has 0 saturated heterocycles. The van der Waals surface area contributed by atoms with Crippen LogP contribution in [0.4, 0.5) is 0 Å². The molecule has 0 aliphatic heterocycles. The molecule has 0 saturated carbocycles. The quantitative estimate of drug-likeness (QED) is 0.777. The van der Waals surface area contributed by atoms with Crippen molar-refractivity contribution in [3.63, 3.8) is 0 Å². The van der Waals surface area contributed by atoms with E-state index in [0.29, 0.717) is 13.2 Å². The summed E-state index contributed by atoms with van der Waals surface area (Å²) in [7, 11) is 3.29. The lowest BCUT2D eigenvalue weighted by molar-refractivity contribution is 0.107. The van der Waals surface area contributed by atoms with E-state index in [1.54, 1.807) is 14.2 Å². The van der Waals surface area contributed by atoms with Gasteiger partial charge in [0.25, 0.3) is 0 Å². The summed E-state index contributed by atoms with van der Waals surface area (Å²) in [6, 6.07) is 7.46. The molecule has 4 nitrogen and oxygen atoms in total. The molecule has 4 heteroatoms. The van der Waals surface area contributed by atoms with Crippen LogP contribution < -0.4 is 10.1 Å². The molecule has 1 atom stereocenters. The molecular formula is C14H23NO3. The van der Waals surface area contributed by atoms with Crippen molar-refractivity contribution in [2.75, 3.05) is 27.4 Å². The molecule has 0 aliphatic carbocycles. The van der Waals surface area contributed by atoms with E-state index >= 15 is 0 Å². The fraction of sp³-hybridized carbons (Fsp3) is 0.571. The molecule has 0 spiro atoms. The van der Waals surface area contributed by atoms with Crippen molar-refractivity contribution in [1.29, 1.82) is 0 Å². The molecular weight excluding hydrogens is 230 g/mol. The summed E-state index contributed by atoms with van der Waals surface area (Å²) >= 11 is 0. The number of aliphatic hydroxyl groups excluding tert-OH is 1. The lowest BCUT2D eigenvalue weighted by Gasteiger charge is -2.27. The first-order valence-electron chi connectivity index (χ1n) is 6.04. The third kappa shape index (κ3) is 4.64. The predicted molar refractivity (Wildman–Crippen MR) is 71.9 cm³/mol. The molecule has 0 aliphatic rings. The van der Waals surface area contributed by atoms with Crippen molar-refractivity contribution in [3.05, 3.63) is 29.8 Å². The molecule has 0 radical (unpaired) electrons. The Morgan fingerprint density at radius 2 is 2.06 bits per heavy atom. The highest BCUT2D eigenvalue weighted by Crippen LogP contribution is 2.19. The molecule has 102 valence electrons. The van der Waals surface area contributed by atoms with E-state index in [1.807, 2.05) is 38.1 Å². The fourth-order valence-electron chi connectivity index (χ4n) is 1.75. The van der Waals surface area contributed by atoms with Gasteiger partial charge in [0, 0.05) is 19.2 Å². The zero-order valence-electron chi connectivity index (χ0n) is 11.6. The molecule has 0 fully saturated rings. The summed E-state index contributed by atoms with van der Waals surface area (Å²) in [6.07, 6.45) is -0.559. The average molecular weight is 253 g/mol. The van der Waals surface area contributed by atoms with Crippen molar-refractivity contribution in [3.8, 4) is 5.75 Å². The van der Waals surface area contributed by atoms with Crippen LogP contribution >= 0.6 is 0 Å². The zero-order valence-corrected chi connectivity index (χ0v) is 11.6. The number of ether oxygens (including phenoxy) is 2. The van der Waals surface area contributed by atoms with Crippen LogP contribution in [-0.4, -0.2) is 38.0 Å². The molecule has 1 unspecified atom stereocenters. The van der Waals surface area contributed by atoms with Crippen molar-refractivity contribution < 1.29 is 14.6 Å². The summed E-state index contributed by atoms with van der Waals surface area (Å²) in [6.45, 7) is 5.14. The minimum absolute atomic E-state index is 0.158. The maximum Gasteiger partial charge on any atom is 0.119 e. The van der Waals surface area contributed by atoms with Gasteiger partial charge in [0.15, 0.2) is 0 Å². The molecule has 2 N–H and O–H groups in total. The van der Waals surface area contributed by atoms with E-state index in [9.17, 15) is 5.11 Å². The van der Waals surface area contributed by atoms with Gasteiger partial charge in [-0.2, -0.15) is 0 Å². The van der Waals surface area contributed by atoms with E-state index in [2.05, 4.69) is 5.32 Å². The molecule has 1 rings (SSSR count). The van der Waals surface area contributed by atoms with Crippen LogP contribution in [-0.2, 0) is 4.74 Å². The Labute approximate surface area is 109 Å². The standard InChI is InChI=1S/C14H23NO3/c1-14(2,10-17-3)15-9-13(16)11-6-5-7-12(8-11)18-4/h5-8,13,15-16H,9-10H2,1-4H3. The Morgan fingerprint density at radius 1 is 1.33 bits per heavy atom. The SMILES string of the molecule is COCC(C)(C)NCC(O)c1cccc(OC)c1. The number of rotatable bonds is 7. The van der Waals surface area contributed by atoms with E-state index < -0.39 is 6.10 Å². The normalized spacial score (nSPS) is 13.4. The Balaban J connectivity index is 2.56. The molecule has 0 amide bonds. The molecule has 1 aromatic carbocycles. The van der Waals surface area contributed by atoms with Crippen molar-refractivity contribution in [2.24, 2.45) is 0 Å². The van der Waals surface area contributed by atoms with Gasteiger partial charge in [0.2, 0.25) is 0 Å². The smallest absolute Gasteiger partial charge is 0.119 e. The Hall–Kier alpha value is -1.10. The van der Waals surface area contributed by atoms with Gasteiger partial charge in [-0.05, 0) is 31.5 Å². The Bertz CT molecular complexity index is 366. The van der Waals surface area contributed by atoms with Crippen LogP contribution in [0.15, 0.2) is 24.3 Å². The van der Waals surface area contributed by atoms with Gasteiger partial charge in [0.1, 0.15) is 5.75 Å². The number of β-amino-alcohol motifs (C(OH)–C–C–N with tert-alkyl or cyclic N) is 1. The van der Waals surface area contributed by atoms with E-state index in [-0.39, 0.29) is 5.54 Å². The molecule has 18 heavy (non-hydrogen) atoms. The highest BCUT2D eigenvalue weighted by atomic mass is 16.5. The molecule has 0 aromatic heterocycles.